The third kappa shape index (κ3) is 3.21. The number of rotatable bonds is 2. The Morgan fingerprint density at radius 2 is 1.90 bits per heavy atom. The van der Waals surface area contributed by atoms with Crippen LogP contribution < -0.4 is 5.32 Å². The van der Waals surface area contributed by atoms with E-state index in [4.69, 9.17) is 5.26 Å². The van der Waals surface area contributed by atoms with Gasteiger partial charge in [-0.1, -0.05) is 12.8 Å². The van der Waals surface area contributed by atoms with Crippen molar-refractivity contribution in [2.75, 3.05) is 5.32 Å². The van der Waals surface area contributed by atoms with Crippen LogP contribution in [0.25, 0.3) is 0 Å². The van der Waals surface area contributed by atoms with Crippen LogP contribution in [0, 0.1) is 23.1 Å². The van der Waals surface area contributed by atoms with Gasteiger partial charge in [0.15, 0.2) is 0 Å². The molecule has 20 heavy (non-hydrogen) atoms. The Morgan fingerprint density at radius 1 is 1.20 bits per heavy atom. The van der Waals surface area contributed by atoms with E-state index in [1.165, 1.54) is 6.07 Å². The maximum absolute atomic E-state index is 13.0. The molecule has 2 rings (SSSR count). The molecule has 1 aliphatic carbocycles. The van der Waals surface area contributed by atoms with Crippen LogP contribution in [0.15, 0.2) is 18.2 Å². The zero-order chi connectivity index (χ0) is 14.8. The summed E-state index contributed by atoms with van der Waals surface area (Å²) in [7, 11) is 0. The molecule has 2 nitrogen and oxygen atoms in total. The van der Waals surface area contributed by atoms with Crippen molar-refractivity contribution in [2.24, 2.45) is 5.92 Å². The normalized spacial score (nSPS) is 23.1. The molecular weight excluding hydrogens is 272 g/mol. The second kappa shape index (κ2) is 5.70. The Bertz CT molecular complexity index is 519. The number of nitrogens with one attached hydrogen (secondary N) is 1. The van der Waals surface area contributed by atoms with E-state index in [0.717, 1.165) is 12.1 Å². The molecular formula is C14H14F4N2. The highest BCUT2D eigenvalue weighted by Gasteiger charge is 2.45. The van der Waals surface area contributed by atoms with Gasteiger partial charge in [0.05, 0.1) is 17.2 Å². The lowest BCUT2D eigenvalue weighted by molar-refractivity contribution is -0.184. The Balaban J connectivity index is 2.21. The van der Waals surface area contributed by atoms with Gasteiger partial charge < -0.3 is 5.32 Å². The average Bonchev–Trinajstić information content (AvgIpc) is 2.40. The summed E-state index contributed by atoms with van der Waals surface area (Å²) in [5, 5.41) is 11.7. The van der Waals surface area contributed by atoms with Gasteiger partial charge in [-0.25, -0.2) is 4.39 Å². The van der Waals surface area contributed by atoms with E-state index < -0.39 is 24.0 Å². The van der Waals surface area contributed by atoms with Gasteiger partial charge in [-0.3, -0.25) is 0 Å². The molecule has 0 amide bonds. The summed E-state index contributed by atoms with van der Waals surface area (Å²) >= 11 is 0. The molecule has 0 saturated heterocycles. The van der Waals surface area contributed by atoms with Gasteiger partial charge in [0, 0.05) is 6.04 Å². The van der Waals surface area contributed by atoms with E-state index in [1.807, 2.05) is 0 Å². The Kier molecular flexibility index (Phi) is 4.17. The zero-order valence-electron chi connectivity index (χ0n) is 10.7. The number of alkyl halides is 3. The third-order valence-electron chi connectivity index (χ3n) is 3.63. The van der Waals surface area contributed by atoms with E-state index in [1.54, 1.807) is 6.07 Å². The molecule has 0 bridgehead atoms. The summed E-state index contributed by atoms with van der Waals surface area (Å²) < 4.78 is 51.9. The molecule has 0 spiro atoms. The standard InChI is InChI=1S/C14H14F4N2/c15-10-5-6-12(9(7-10)8-19)20-13-4-2-1-3-11(13)14(16,17)18/h5-7,11,13,20H,1-4H2. The lowest BCUT2D eigenvalue weighted by Crippen LogP contribution is -2.41. The highest BCUT2D eigenvalue weighted by atomic mass is 19.4. The quantitative estimate of drug-likeness (QED) is 0.826. The maximum Gasteiger partial charge on any atom is 0.393 e. The van der Waals surface area contributed by atoms with Crippen LogP contribution >= 0.6 is 0 Å². The highest BCUT2D eigenvalue weighted by molar-refractivity contribution is 5.58. The molecule has 1 saturated carbocycles. The Labute approximate surface area is 114 Å². The van der Waals surface area contributed by atoms with E-state index >= 15 is 0 Å². The number of halogens is 4. The number of nitriles is 1. The summed E-state index contributed by atoms with van der Waals surface area (Å²) in [6.07, 6.45) is -2.51. The van der Waals surface area contributed by atoms with E-state index in [-0.39, 0.29) is 17.7 Å². The number of hydrogen-bond donors (Lipinski definition) is 1. The molecule has 0 radical (unpaired) electrons. The van der Waals surface area contributed by atoms with Crippen molar-refractivity contribution in [3.05, 3.63) is 29.6 Å². The minimum atomic E-state index is -4.26. The number of hydrogen-bond acceptors (Lipinski definition) is 2. The van der Waals surface area contributed by atoms with Gasteiger partial charge in [0.25, 0.3) is 0 Å². The highest BCUT2D eigenvalue weighted by Crippen LogP contribution is 2.39. The molecule has 1 N–H and O–H groups in total. The van der Waals surface area contributed by atoms with Crippen LogP contribution in [-0.2, 0) is 0 Å². The first-order valence-electron chi connectivity index (χ1n) is 6.44. The van der Waals surface area contributed by atoms with Crippen LogP contribution in [0.3, 0.4) is 0 Å². The first-order valence-corrected chi connectivity index (χ1v) is 6.44. The molecule has 0 heterocycles. The molecule has 2 unspecified atom stereocenters. The van der Waals surface area contributed by atoms with E-state index in [9.17, 15) is 17.6 Å². The van der Waals surface area contributed by atoms with Crippen molar-refractivity contribution < 1.29 is 17.6 Å². The summed E-state index contributed by atoms with van der Waals surface area (Å²) in [6.45, 7) is 0. The molecule has 1 aliphatic rings. The zero-order valence-corrected chi connectivity index (χ0v) is 10.7. The van der Waals surface area contributed by atoms with Crippen molar-refractivity contribution in [3.8, 4) is 6.07 Å². The fraction of sp³-hybridized carbons (Fsp3) is 0.500. The van der Waals surface area contributed by atoms with Crippen LogP contribution in [0.5, 0.6) is 0 Å². The van der Waals surface area contributed by atoms with Crippen molar-refractivity contribution in [2.45, 2.75) is 37.9 Å². The Hall–Kier alpha value is -1.77. The minimum absolute atomic E-state index is 0.0245. The molecule has 6 heteroatoms. The van der Waals surface area contributed by atoms with Gasteiger partial charge in [0.2, 0.25) is 0 Å². The molecule has 1 aromatic rings. The van der Waals surface area contributed by atoms with Crippen molar-refractivity contribution >= 4 is 5.69 Å². The van der Waals surface area contributed by atoms with Crippen molar-refractivity contribution in [1.82, 2.24) is 0 Å². The number of nitrogens with zero attached hydrogens (tertiary/aromatic N) is 1. The lowest BCUT2D eigenvalue weighted by atomic mass is 9.83. The molecule has 1 fully saturated rings. The van der Waals surface area contributed by atoms with Crippen LogP contribution in [0.2, 0.25) is 0 Å². The smallest absolute Gasteiger partial charge is 0.381 e. The van der Waals surface area contributed by atoms with Crippen LogP contribution in [0.4, 0.5) is 23.2 Å². The van der Waals surface area contributed by atoms with Gasteiger partial charge in [-0.2, -0.15) is 18.4 Å². The molecule has 0 aliphatic heterocycles. The lowest BCUT2D eigenvalue weighted by Gasteiger charge is -2.34. The summed E-state index contributed by atoms with van der Waals surface area (Å²) in [4.78, 5) is 0. The topological polar surface area (TPSA) is 35.8 Å². The van der Waals surface area contributed by atoms with Gasteiger partial charge in [-0.05, 0) is 31.0 Å². The predicted octanol–water partition coefficient (Wildman–Crippen LogP) is 4.23. The van der Waals surface area contributed by atoms with Gasteiger partial charge in [-0.15, -0.1) is 0 Å². The minimum Gasteiger partial charge on any atom is -0.381 e. The average molecular weight is 286 g/mol. The third-order valence-corrected chi connectivity index (χ3v) is 3.63. The summed E-state index contributed by atoms with van der Waals surface area (Å²) in [5.41, 5.74) is 0.284. The van der Waals surface area contributed by atoms with E-state index in [2.05, 4.69) is 5.32 Å². The summed E-state index contributed by atoms with van der Waals surface area (Å²) in [6, 6.07) is 4.50. The van der Waals surface area contributed by atoms with Gasteiger partial charge in [0.1, 0.15) is 11.9 Å². The first kappa shape index (κ1) is 14.6. The SMILES string of the molecule is N#Cc1cc(F)ccc1NC1CCCCC1C(F)(F)F. The maximum atomic E-state index is 13.0. The number of benzene rings is 1. The number of anilines is 1. The Morgan fingerprint density at radius 3 is 2.55 bits per heavy atom. The molecule has 2 atom stereocenters. The molecule has 108 valence electrons. The second-order valence-electron chi connectivity index (χ2n) is 4.99. The van der Waals surface area contributed by atoms with Gasteiger partial charge >= 0.3 is 6.18 Å². The molecule has 1 aromatic carbocycles. The molecule has 0 aromatic heterocycles. The van der Waals surface area contributed by atoms with Crippen molar-refractivity contribution in [3.63, 3.8) is 0 Å². The second-order valence-corrected chi connectivity index (χ2v) is 4.99. The fourth-order valence-electron chi connectivity index (χ4n) is 2.63. The fourth-order valence-corrected chi connectivity index (χ4v) is 2.63. The monoisotopic (exact) mass is 286 g/mol. The van der Waals surface area contributed by atoms with Crippen LogP contribution in [-0.4, -0.2) is 12.2 Å². The summed E-state index contributed by atoms with van der Waals surface area (Å²) in [5.74, 6) is -2.00. The largest absolute Gasteiger partial charge is 0.393 e. The van der Waals surface area contributed by atoms with Crippen molar-refractivity contribution in [1.29, 1.82) is 5.26 Å². The van der Waals surface area contributed by atoms with E-state index in [0.29, 0.717) is 19.3 Å². The first-order chi connectivity index (χ1) is 9.41. The predicted molar refractivity (Wildman–Crippen MR) is 66.5 cm³/mol. The van der Waals surface area contributed by atoms with Crippen LogP contribution in [0.1, 0.15) is 31.2 Å².